The van der Waals surface area contributed by atoms with Crippen molar-refractivity contribution < 1.29 is 14.7 Å². The lowest BCUT2D eigenvalue weighted by Gasteiger charge is -2.24. The maximum atomic E-state index is 11.8. The van der Waals surface area contributed by atoms with E-state index in [-0.39, 0.29) is 30.2 Å². The Kier molecular flexibility index (Phi) is 6.80. The van der Waals surface area contributed by atoms with Gasteiger partial charge >= 0.3 is 5.97 Å². The van der Waals surface area contributed by atoms with Crippen LogP contribution in [0.3, 0.4) is 0 Å². The summed E-state index contributed by atoms with van der Waals surface area (Å²) in [5, 5.41) is 11.5. The first-order chi connectivity index (χ1) is 7.79. The summed E-state index contributed by atoms with van der Waals surface area (Å²) in [7, 11) is 0. The second kappa shape index (κ2) is 7.27. The van der Waals surface area contributed by atoms with Crippen molar-refractivity contribution in [1.29, 1.82) is 0 Å². The van der Waals surface area contributed by atoms with E-state index in [1.165, 1.54) is 0 Å². The van der Waals surface area contributed by atoms with Gasteiger partial charge in [0.2, 0.25) is 5.91 Å². The standard InChI is InChI=1S/C12H24N2O3/c1-5-8(4)11(13)12(17)14-9(7(2)3)6-10(15)16/h7-9,11H,5-6,13H2,1-4H3,(H,14,17)(H,15,16)/t8-,9?,11-/m0/s1. The van der Waals surface area contributed by atoms with Crippen molar-refractivity contribution in [3.63, 3.8) is 0 Å². The Morgan fingerprint density at radius 3 is 2.18 bits per heavy atom. The first-order valence-corrected chi connectivity index (χ1v) is 6.07. The third-order valence-electron chi connectivity index (χ3n) is 3.09. The lowest BCUT2D eigenvalue weighted by Crippen LogP contribution is -2.50. The predicted octanol–water partition coefficient (Wildman–Crippen LogP) is 0.975. The van der Waals surface area contributed by atoms with Crippen LogP contribution in [0.15, 0.2) is 0 Å². The van der Waals surface area contributed by atoms with E-state index in [0.717, 1.165) is 6.42 Å². The van der Waals surface area contributed by atoms with Crippen LogP contribution in [-0.4, -0.2) is 29.1 Å². The van der Waals surface area contributed by atoms with E-state index in [1.54, 1.807) is 0 Å². The van der Waals surface area contributed by atoms with Gasteiger partial charge < -0.3 is 16.2 Å². The van der Waals surface area contributed by atoms with E-state index >= 15 is 0 Å². The molecule has 0 aliphatic rings. The van der Waals surface area contributed by atoms with Gasteiger partial charge in [0.25, 0.3) is 0 Å². The van der Waals surface area contributed by atoms with Crippen LogP contribution in [0.4, 0.5) is 0 Å². The number of hydrogen-bond acceptors (Lipinski definition) is 3. The summed E-state index contributed by atoms with van der Waals surface area (Å²) in [5.74, 6) is -1.02. The van der Waals surface area contributed by atoms with Crippen LogP contribution in [0.5, 0.6) is 0 Å². The van der Waals surface area contributed by atoms with Crippen LogP contribution in [-0.2, 0) is 9.59 Å². The molecule has 0 aliphatic heterocycles. The number of carboxylic acid groups (broad SMARTS) is 1. The molecule has 0 spiro atoms. The van der Waals surface area contributed by atoms with Crippen molar-refractivity contribution in [2.24, 2.45) is 17.6 Å². The molecule has 0 rings (SSSR count). The molecule has 0 fully saturated rings. The lowest BCUT2D eigenvalue weighted by atomic mass is 9.96. The highest BCUT2D eigenvalue weighted by atomic mass is 16.4. The molecule has 0 saturated heterocycles. The number of carbonyl (C=O) groups is 2. The molecule has 1 unspecified atom stereocenters. The van der Waals surface area contributed by atoms with Gasteiger partial charge in [0.1, 0.15) is 0 Å². The molecule has 3 atom stereocenters. The molecule has 0 radical (unpaired) electrons. The summed E-state index contributed by atoms with van der Waals surface area (Å²) in [6.07, 6.45) is 0.747. The molecule has 5 nitrogen and oxygen atoms in total. The van der Waals surface area contributed by atoms with Crippen LogP contribution >= 0.6 is 0 Å². The molecule has 1 amide bonds. The topological polar surface area (TPSA) is 92.4 Å². The highest BCUT2D eigenvalue weighted by molar-refractivity contribution is 5.82. The molecule has 0 aromatic heterocycles. The van der Waals surface area contributed by atoms with Crippen molar-refractivity contribution in [2.45, 2.75) is 52.6 Å². The maximum absolute atomic E-state index is 11.8. The molecule has 0 aliphatic carbocycles. The minimum atomic E-state index is -0.916. The first kappa shape index (κ1) is 15.9. The summed E-state index contributed by atoms with van der Waals surface area (Å²) in [4.78, 5) is 22.5. The third-order valence-corrected chi connectivity index (χ3v) is 3.09. The Labute approximate surface area is 103 Å². The largest absolute Gasteiger partial charge is 0.481 e. The fraction of sp³-hybridized carbons (Fsp3) is 0.833. The van der Waals surface area contributed by atoms with Crippen LogP contribution in [0.2, 0.25) is 0 Å². The van der Waals surface area contributed by atoms with E-state index < -0.39 is 12.0 Å². The zero-order chi connectivity index (χ0) is 13.6. The Bertz CT molecular complexity index is 266. The molecule has 5 heteroatoms. The predicted molar refractivity (Wildman–Crippen MR) is 66.5 cm³/mol. The molecule has 0 aromatic rings. The number of carboxylic acids is 1. The number of rotatable bonds is 7. The maximum Gasteiger partial charge on any atom is 0.305 e. The summed E-state index contributed by atoms with van der Waals surface area (Å²) < 4.78 is 0. The normalized spacial score (nSPS) is 16.4. The zero-order valence-electron chi connectivity index (χ0n) is 11.1. The molecule has 0 saturated carbocycles. The lowest BCUT2D eigenvalue weighted by molar-refractivity contribution is -0.138. The third kappa shape index (κ3) is 5.68. The summed E-state index contributed by atoms with van der Waals surface area (Å²) in [6.45, 7) is 7.63. The fourth-order valence-corrected chi connectivity index (χ4v) is 1.43. The Morgan fingerprint density at radius 2 is 1.82 bits per heavy atom. The number of nitrogens with one attached hydrogen (secondary N) is 1. The smallest absolute Gasteiger partial charge is 0.305 e. The van der Waals surface area contributed by atoms with E-state index in [0.29, 0.717) is 0 Å². The number of amides is 1. The average molecular weight is 244 g/mol. The molecule has 4 N–H and O–H groups in total. The van der Waals surface area contributed by atoms with Gasteiger partial charge in [-0.25, -0.2) is 0 Å². The van der Waals surface area contributed by atoms with Crippen LogP contribution in [0.1, 0.15) is 40.5 Å². The fourth-order valence-electron chi connectivity index (χ4n) is 1.43. The summed E-state index contributed by atoms with van der Waals surface area (Å²) >= 11 is 0. The second-order valence-electron chi connectivity index (χ2n) is 4.87. The molecule has 0 heterocycles. The zero-order valence-corrected chi connectivity index (χ0v) is 11.1. The minimum absolute atomic E-state index is 0.0687. The molecular formula is C12H24N2O3. The van der Waals surface area contributed by atoms with E-state index in [4.69, 9.17) is 10.8 Å². The minimum Gasteiger partial charge on any atom is -0.481 e. The number of nitrogens with two attached hydrogens (primary N) is 1. The van der Waals surface area contributed by atoms with E-state index in [1.807, 2.05) is 27.7 Å². The molecule has 0 aromatic carbocycles. The van der Waals surface area contributed by atoms with Crippen molar-refractivity contribution in [3.05, 3.63) is 0 Å². The quantitative estimate of drug-likeness (QED) is 0.622. The van der Waals surface area contributed by atoms with Gasteiger partial charge in [-0.1, -0.05) is 34.1 Å². The van der Waals surface area contributed by atoms with Gasteiger partial charge in [0.15, 0.2) is 0 Å². The van der Waals surface area contributed by atoms with Gasteiger partial charge in [-0.05, 0) is 11.8 Å². The van der Waals surface area contributed by atoms with Crippen LogP contribution < -0.4 is 11.1 Å². The van der Waals surface area contributed by atoms with Gasteiger partial charge in [-0.2, -0.15) is 0 Å². The molecule has 100 valence electrons. The molecule has 17 heavy (non-hydrogen) atoms. The van der Waals surface area contributed by atoms with Crippen molar-refractivity contribution in [1.82, 2.24) is 5.32 Å². The monoisotopic (exact) mass is 244 g/mol. The van der Waals surface area contributed by atoms with Crippen molar-refractivity contribution in [3.8, 4) is 0 Å². The highest BCUT2D eigenvalue weighted by Crippen LogP contribution is 2.09. The van der Waals surface area contributed by atoms with E-state index in [9.17, 15) is 9.59 Å². The molecule has 0 bridgehead atoms. The van der Waals surface area contributed by atoms with Gasteiger partial charge in [-0.3, -0.25) is 9.59 Å². The van der Waals surface area contributed by atoms with Crippen molar-refractivity contribution >= 4 is 11.9 Å². The SMILES string of the molecule is CC[C@H](C)[C@H](N)C(=O)NC(CC(=O)O)C(C)C. The number of aliphatic carboxylic acids is 1. The Morgan fingerprint density at radius 1 is 1.29 bits per heavy atom. The average Bonchev–Trinajstić information content (AvgIpc) is 2.25. The summed E-state index contributed by atoms with van der Waals surface area (Å²) in [6, 6.07) is -0.940. The van der Waals surface area contributed by atoms with Crippen LogP contribution in [0.25, 0.3) is 0 Å². The molecular weight excluding hydrogens is 220 g/mol. The number of hydrogen-bond donors (Lipinski definition) is 3. The first-order valence-electron chi connectivity index (χ1n) is 6.07. The second-order valence-corrected chi connectivity index (χ2v) is 4.87. The Balaban J connectivity index is 4.45. The van der Waals surface area contributed by atoms with Gasteiger partial charge in [0, 0.05) is 6.04 Å². The number of carbonyl (C=O) groups excluding carboxylic acids is 1. The highest BCUT2D eigenvalue weighted by Gasteiger charge is 2.24. The van der Waals surface area contributed by atoms with Gasteiger partial charge in [-0.15, -0.1) is 0 Å². The Hall–Kier alpha value is -1.10. The van der Waals surface area contributed by atoms with Gasteiger partial charge in [0.05, 0.1) is 12.5 Å². The van der Waals surface area contributed by atoms with Crippen molar-refractivity contribution in [2.75, 3.05) is 0 Å². The van der Waals surface area contributed by atoms with Crippen LogP contribution in [0, 0.1) is 11.8 Å². The summed E-state index contributed by atoms with van der Waals surface area (Å²) in [5.41, 5.74) is 5.79. The van der Waals surface area contributed by atoms with E-state index in [2.05, 4.69) is 5.32 Å².